The molecule has 1 aliphatic rings. The van der Waals surface area contributed by atoms with E-state index in [1.165, 1.54) is 4.31 Å². The average Bonchev–Trinajstić information content (AvgIpc) is 2.46. The molecule has 0 aromatic heterocycles. The van der Waals surface area contributed by atoms with E-state index in [-0.39, 0.29) is 11.5 Å². The Morgan fingerprint density at radius 3 is 2.62 bits per heavy atom. The van der Waals surface area contributed by atoms with Crippen LogP contribution in [-0.2, 0) is 14.9 Å². The summed E-state index contributed by atoms with van der Waals surface area (Å²) in [5, 5.41) is 0. The Hall–Kier alpha value is -0.170. The molecule has 1 rings (SSSR count). The lowest BCUT2D eigenvalue weighted by molar-refractivity contribution is 0.102. The predicted octanol–water partition coefficient (Wildman–Crippen LogP) is 0.588. The Morgan fingerprint density at radius 1 is 1.50 bits per heavy atom. The van der Waals surface area contributed by atoms with E-state index in [0.29, 0.717) is 19.7 Å². The lowest BCUT2D eigenvalue weighted by Gasteiger charge is -2.24. The van der Waals surface area contributed by atoms with Crippen molar-refractivity contribution in [2.24, 2.45) is 5.41 Å². The number of methoxy groups -OCH3 is 1. The van der Waals surface area contributed by atoms with Gasteiger partial charge in [0.25, 0.3) is 10.2 Å². The van der Waals surface area contributed by atoms with Crippen LogP contribution in [0.25, 0.3) is 0 Å². The van der Waals surface area contributed by atoms with Crippen LogP contribution in [0, 0.1) is 5.41 Å². The second-order valence-corrected chi connectivity index (χ2v) is 6.81. The van der Waals surface area contributed by atoms with Crippen molar-refractivity contribution in [2.75, 3.05) is 26.8 Å². The molecule has 1 saturated heterocycles. The van der Waals surface area contributed by atoms with Gasteiger partial charge >= 0.3 is 0 Å². The summed E-state index contributed by atoms with van der Waals surface area (Å²) in [6.07, 6.45) is 0.847. The molecule has 1 N–H and O–H groups in total. The molecule has 6 heteroatoms. The zero-order valence-corrected chi connectivity index (χ0v) is 11.3. The van der Waals surface area contributed by atoms with Crippen LogP contribution in [0.3, 0.4) is 0 Å². The van der Waals surface area contributed by atoms with E-state index in [4.69, 9.17) is 4.74 Å². The molecule has 1 aliphatic heterocycles. The SMILES string of the molecule is COCC1(C)CCN(S(=O)(=O)NC(C)C)C1. The van der Waals surface area contributed by atoms with E-state index in [1.807, 2.05) is 13.8 Å². The highest BCUT2D eigenvalue weighted by Gasteiger charge is 2.39. The molecule has 0 saturated carbocycles. The zero-order chi connectivity index (χ0) is 12.4. The second-order valence-electron chi connectivity index (χ2n) is 5.10. The Bertz CT molecular complexity index is 329. The number of nitrogens with one attached hydrogen (secondary N) is 1. The van der Waals surface area contributed by atoms with Crippen molar-refractivity contribution in [3.63, 3.8) is 0 Å². The molecule has 0 spiro atoms. The number of hydrogen-bond donors (Lipinski definition) is 1. The largest absolute Gasteiger partial charge is 0.384 e. The first kappa shape index (κ1) is 13.9. The normalized spacial score (nSPS) is 27.8. The van der Waals surface area contributed by atoms with E-state index in [1.54, 1.807) is 7.11 Å². The summed E-state index contributed by atoms with van der Waals surface area (Å²) in [6.45, 7) is 7.40. The fraction of sp³-hybridized carbons (Fsp3) is 1.00. The first-order chi connectivity index (χ1) is 7.29. The number of ether oxygens (including phenoxy) is 1. The number of nitrogens with zero attached hydrogens (tertiary/aromatic N) is 1. The summed E-state index contributed by atoms with van der Waals surface area (Å²) in [5.74, 6) is 0. The standard InChI is InChI=1S/C10H22N2O3S/c1-9(2)11-16(13,14)12-6-5-10(3,7-12)8-15-4/h9,11H,5-8H2,1-4H3. The summed E-state index contributed by atoms with van der Waals surface area (Å²) in [4.78, 5) is 0. The molecule has 1 fully saturated rings. The van der Waals surface area contributed by atoms with Gasteiger partial charge in [0.05, 0.1) is 6.61 Å². The van der Waals surface area contributed by atoms with Crippen molar-refractivity contribution < 1.29 is 13.2 Å². The van der Waals surface area contributed by atoms with Gasteiger partial charge in [-0.05, 0) is 20.3 Å². The summed E-state index contributed by atoms with van der Waals surface area (Å²) in [7, 11) is -1.67. The third kappa shape index (κ3) is 3.41. The fourth-order valence-electron chi connectivity index (χ4n) is 2.02. The molecule has 0 aromatic carbocycles. The fourth-order valence-corrected chi connectivity index (χ4v) is 3.58. The van der Waals surface area contributed by atoms with E-state index in [2.05, 4.69) is 11.6 Å². The summed E-state index contributed by atoms with van der Waals surface area (Å²) in [6, 6.07) is -0.0701. The van der Waals surface area contributed by atoms with Crippen LogP contribution >= 0.6 is 0 Å². The predicted molar refractivity (Wildman–Crippen MR) is 63.4 cm³/mol. The highest BCUT2D eigenvalue weighted by molar-refractivity contribution is 7.87. The summed E-state index contributed by atoms with van der Waals surface area (Å²) < 4.78 is 33.1. The summed E-state index contributed by atoms with van der Waals surface area (Å²) >= 11 is 0. The van der Waals surface area contributed by atoms with Crippen LogP contribution in [0.4, 0.5) is 0 Å². The molecule has 0 aromatic rings. The smallest absolute Gasteiger partial charge is 0.279 e. The van der Waals surface area contributed by atoms with Crippen LogP contribution in [0.2, 0.25) is 0 Å². The highest BCUT2D eigenvalue weighted by atomic mass is 32.2. The van der Waals surface area contributed by atoms with Crippen molar-refractivity contribution >= 4 is 10.2 Å². The van der Waals surface area contributed by atoms with Crippen molar-refractivity contribution in [1.82, 2.24) is 9.03 Å². The molecule has 96 valence electrons. The molecular weight excluding hydrogens is 228 g/mol. The number of hydrogen-bond acceptors (Lipinski definition) is 3. The van der Waals surface area contributed by atoms with Gasteiger partial charge in [-0.2, -0.15) is 17.4 Å². The molecule has 0 amide bonds. The van der Waals surface area contributed by atoms with Crippen LogP contribution in [0.1, 0.15) is 27.2 Å². The quantitative estimate of drug-likeness (QED) is 0.777. The van der Waals surface area contributed by atoms with E-state index in [0.717, 1.165) is 6.42 Å². The minimum absolute atomic E-state index is 0.0551. The zero-order valence-electron chi connectivity index (χ0n) is 10.5. The third-order valence-electron chi connectivity index (χ3n) is 2.74. The topological polar surface area (TPSA) is 58.6 Å². The molecular formula is C10H22N2O3S. The van der Waals surface area contributed by atoms with Crippen molar-refractivity contribution in [3.05, 3.63) is 0 Å². The van der Waals surface area contributed by atoms with Crippen LogP contribution in [0.15, 0.2) is 0 Å². The number of rotatable bonds is 5. The Balaban J connectivity index is 2.65. The molecule has 0 bridgehead atoms. The first-order valence-electron chi connectivity index (χ1n) is 5.55. The maximum Gasteiger partial charge on any atom is 0.279 e. The molecule has 0 aliphatic carbocycles. The van der Waals surface area contributed by atoms with Crippen molar-refractivity contribution in [1.29, 1.82) is 0 Å². The van der Waals surface area contributed by atoms with Gasteiger partial charge in [-0.15, -0.1) is 0 Å². The Morgan fingerprint density at radius 2 is 2.12 bits per heavy atom. The van der Waals surface area contributed by atoms with Gasteiger partial charge in [0.1, 0.15) is 0 Å². The Kier molecular flexibility index (Phi) is 4.34. The van der Waals surface area contributed by atoms with Gasteiger partial charge < -0.3 is 4.74 Å². The minimum atomic E-state index is -3.32. The second kappa shape index (κ2) is 5.00. The highest BCUT2D eigenvalue weighted by Crippen LogP contribution is 2.31. The van der Waals surface area contributed by atoms with Crippen LogP contribution in [-0.4, -0.2) is 45.6 Å². The van der Waals surface area contributed by atoms with Gasteiger partial charge in [0, 0.05) is 31.7 Å². The lowest BCUT2D eigenvalue weighted by atomic mass is 9.91. The molecule has 0 radical (unpaired) electrons. The summed E-state index contributed by atoms with van der Waals surface area (Å²) in [5.41, 5.74) is -0.0551. The van der Waals surface area contributed by atoms with E-state index in [9.17, 15) is 8.42 Å². The van der Waals surface area contributed by atoms with E-state index < -0.39 is 10.2 Å². The molecule has 1 atom stereocenters. The molecule has 1 unspecified atom stereocenters. The first-order valence-corrected chi connectivity index (χ1v) is 6.99. The molecule has 16 heavy (non-hydrogen) atoms. The Labute approximate surface area is 98.3 Å². The van der Waals surface area contributed by atoms with Gasteiger partial charge in [0.2, 0.25) is 0 Å². The molecule has 5 nitrogen and oxygen atoms in total. The van der Waals surface area contributed by atoms with Gasteiger partial charge in [-0.25, -0.2) is 0 Å². The van der Waals surface area contributed by atoms with Crippen molar-refractivity contribution in [2.45, 2.75) is 33.2 Å². The molecule has 1 heterocycles. The lowest BCUT2D eigenvalue weighted by Crippen LogP contribution is -2.43. The maximum atomic E-state index is 11.9. The third-order valence-corrected chi connectivity index (χ3v) is 4.50. The van der Waals surface area contributed by atoms with Crippen LogP contribution < -0.4 is 4.72 Å². The van der Waals surface area contributed by atoms with Crippen LogP contribution in [0.5, 0.6) is 0 Å². The minimum Gasteiger partial charge on any atom is -0.384 e. The van der Waals surface area contributed by atoms with E-state index >= 15 is 0 Å². The van der Waals surface area contributed by atoms with Gasteiger partial charge in [-0.1, -0.05) is 6.92 Å². The van der Waals surface area contributed by atoms with Gasteiger partial charge in [-0.3, -0.25) is 0 Å². The van der Waals surface area contributed by atoms with Gasteiger partial charge in [0.15, 0.2) is 0 Å². The maximum absolute atomic E-state index is 11.9. The average molecular weight is 250 g/mol. The monoisotopic (exact) mass is 250 g/mol. The van der Waals surface area contributed by atoms with Crippen molar-refractivity contribution in [3.8, 4) is 0 Å².